The summed E-state index contributed by atoms with van der Waals surface area (Å²) in [5, 5.41) is 2.75. The number of amides is 2. The first-order chi connectivity index (χ1) is 16.1. The standard InChI is InChI=1S/C24H24F3N3O4/c1-29(15-17-8-3-6-12-21(17)34-24(25,26)27)16-22(31)30(2)20-11-5-4-10-19(20)23(32)28-14-18-9-7-13-33-18/h3-13H,14-16H2,1-2H3,(H,28,32). The fourth-order valence-electron chi connectivity index (χ4n) is 3.31. The van der Waals surface area contributed by atoms with Crippen LogP contribution in [0.4, 0.5) is 18.9 Å². The third-order valence-electron chi connectivity index (χ3n) is 4.93. The van der Waals surface area contributed by atoms with Crippen molar-refractivity contribution in [2.75, 3.05) is 25.5 Å². The van der Waals surface area contributed by atoms with Crippen LogP contribution in [0.2, 0.25) is 0 Å². The molecule has 0 aliphatic carbocycles. The number of rotatable bonds is 9. The van der Waals surface area contributed by atoms with Crippen LogP contribution in [0.3, 0.4) is 0 Å². The Morgan fingerprint density at radius 1 is 1.00 bits per heavy atom. The molecular formula is C24H24F3N3O4. The molecule has 3 aromatic rings. The van der Waals surface area contributed by atoms with Crippen molar-refractivity contribution >= 4 is 17.5 Å². The van der Waals surface area contributed by atoms with Gasteiger partial charge in [-0.3, -0.25) is 14.5 Å². The lowest BCUT2D eigenvalue weighted by Crippen LogP contribution is -2.37. The van der Waals surface area contributed by atoms with Crippen LogP contribution in [0.1, 0.15) is 21.7 Å². The molecule has 0 fully saturated rings. The topological polar surface area (TPSA) is 75.0 Å². The molecule has 0 spiro atoms. The van der Waals surface area contributed by atoms with Gasteiger partial charge in [0.15, 0.2) is 0 Å². The maximum absolute atomic E-state index is 12.9. The summed E-state index contributed by atoms with van der Waals surface area (Å²) in [6.45, 7) is 0.149. The maximum atomic E-state index is 12.9. The van der Waals surface area contributed by atoms with E-state index in [1.807, 2.05) is 0 Å². The summed E-state index contributed by atoms with van der Waals surface area (Å²) in [5.74, 6) is -0.450. The van der Waals surface area contributed by atoms with Crippen molar-refractivity contribution in [2.45, 2.75) is 19.5 Å². The van der Waals surface area contributed by atoms with Crippen molar-refractivity contribution in [1.82, 2.24) is 10.2 Å². The van der Waals surface area contributed by atoms with E-state index < -0.39 is 6.36 Å². The molecule has 2 aromatic carbocycles. The molecule has 0 radical (unpaired) electrons. The summed E-state index contributed by atoms with van der Waals surface area (Å²) >= 11 is 0. The zero-order valence-corrected chi connectivity index (χ0v) is 18.6. The lowest BCUT2D eigenvalue weighted by molar-refractivity contribution is -0.275. The van der Waals surface area contributed by atoms with E-state index in [9.17, 15) is 22.8 Å². The molecule has 34 heavy (non-hydrogen) atoms. The second-order valence-electron chi connectivity index (χ2n) is 7.56. The monoisotopic (exact) mass is 475 g/mol. The summed E-state index contributed by atoms with van der Waals surface area (Å²) in [4.78, 5) is 28.5. The highest BCUT2D eigenvalue weighted by Gasteiger charge is 2.32. The number of nitrogens with one attached hydrogen (secondary N) is 1. The van der Waals surface area contributed by atoms with Crippen LogP contribution in [-0.4, -0.2) is 43.7 Å². The molecule has 1 N–H and O–H groups in total. The molecule has 1 aromatic heterocycles. The lowest BCUT2D eigenvalue weighted by Gasteiger charge is -2.24. The molecule has 7 nitrogen and oxygen atoms in total. The van der Waals surface area contributed by atoms with Gasteiger partial charge in [0.25, 0.3) is 5.91 Å². The minimum absolute atomic E-state index is 0.0527. The Bertz CT molecular complexity index is 1120. The minimum atomic E-state index is -4.81. The summed E-state index contributed by atoms with van der Waals surface area (Å²) in [6, 6.07) is 15.9. The first kappa shape index (κ1) is 24.8. The van der Waals surface area contributed by atoms with E-state index in [0.29, 0.717) is 17.0 Å². The van der Waals surface area contributed by atoms with Crippen LogP contribution >= 0.6 is 0 Å². The number of para-hydroxylation sites is 2. The number of hydrogen-bond donors (Lipinski definition) is 1. The van der Waals surface area contributed by atoms with Gasteiger partial charge in [0.05, 0.1) is 30.6 Å². The Kier molecular flexibility index (Phi) is 7.95. The number of likely N-dealkylation sites (N-methyl/N-ethyl adjacent to an activating group) is 2. The van der Waals surface area contributed by atoms with Crippen molar-refractivity contribution in [3.05, 3.63) is 83.8 Å². The Labute approximate surface area is 194 Å². The first-order valence-electron chi connectivity index (χ1n) is 10.3. The number of carbonyl (C=O) groups excluding carboxylic acids is 2. The van der Waals surface area contributed by atoms with E-state index in [0.717, 1.165) is 0 Å². The number of alkyl halides is 3. The summed E-state index contributed by atoms with van der Waals surface area (Å²) in [5.41, 5.74) is 0.991. The molecule has 0 saturated heterocycles. The van der Waals surface area contributed by atoms with Crippen molar-refractivity contribution in [3.63, 3.8) is 0 Å². The predicted molar refractivity (Wildman–Crippen MR) is 119 cm³/mol. The number of halogens is 3. The smallest absolute Gasteiger partial charge is 0.467 e. The van der Waals surface area contributed by atoms with E-state index in [4.69, 9.17) is 4.42 Å². The van der Waals surface area contributed by atoms with E-state index >= 15 is 0 Å². The van der Waals surface area contributed by atoms with Crippen LogP contribution < -0.4 is 15.0 Å². The Hall–Kier alpha value is -3.79. The number of carbonyl (C=O) groups is 2. The SMILES string of the molecule is CN(CC(=O)N(C)c1ccccc1C(=O)NCc1ccco1)Cc1ccccc1OC(F)(F)F. The number of anilines is 1. The van der Waals surface area contributed by atoms with Gasteiger partial charge < -0.3 is 19.4 Å². The highest BCUT2D eigenvalue weighted by atomic mass is 19.4. The van der Waals surface area contributed by atoms with Crippen molar-refractivity contribution < 1.29 is 31.9 Å². The van der Waals surface area contributed by atoms with E-state index in [1.165, 1.54) is 36.4 Å². The number of ether oxygens (including phenoxy) is 1. The van der Waals surface area contributed by atoms with Crippen molar-refractivity contribution in [3.8, 4) is 5.75 Å². The quantitative estimate of drug-likeness (QED) is 0.502. The largest absolute Gasteiger partial charge is 0.573 e. The predicted octanol–water partition coefficient (Wildman–Crippen LogP) is 4.20. The van der Waals surface area contributed by atoms with Gasteiger partial charge in [-0.1, -0.05) is 30.3 Å². The fraction of sp³-hybridized carbons (Fsp3) is 0.250. The zero-order valence-electron chi connectivity index (χ0n) is 18.6. The van der Waals surface area contributed by atoms with Gasteiger partial charge in [0, 0.05) is 19.2 Å². The minimum Gasteiger partial charge on any atom is -0.467 e. The molecule has 0 bridgehead atoms. The summed E-state index contributed by atoms with van der Waals surface area (Å²) < 4.78 is 47.3. The second kappa shape index (κ2) is 10.9. The molecule has 0 atom stereocenters. The number of nitrogens with zero attached hydrogens (tertiary/aromatic N) is 2. The van der Waals surface area contributed by atoms with Gasteiger partial charge in [-0.25, -0.2) is 0 Å². The van der Waals surface area contributed by atoms with E-state index in [2.05, 4.69) is 10.1 Å². The number of hydrogen-bond acceptors (Lipinski definition) is 5. The molecule has 10 heteroatoms. The van der Waals surface area contributed by atoms with Crippen molar-refractivity contribution in [2.24, 2.45) is 0 Å². The van der Waals surface area contributed by atoms with Gasteiger partial charge in [0.2, 0.25) is 5.91 Å². The second-order valence-corrected chi connectivity index (χ2v) is 7.56. The van der Waals surface area contributed by atoms with Gasteiger partial charge in [-0.15, -0.1) is 13.2 Å². The zero-order chi connectivity index (χ0) is 24.7. The number of furan rings is 1. The molecule has 0 aliphatic rings. The Balaban J connectivity index is 1.65. The molecule has 3 rings (SSSR count). The van der Waals surface area contributed by atoms with Crippen LogP contribution in [-0.2, 0) is 17.9 Å². The average molecular weight is 475 g/mol. The lowest BCUT2D eigenvalue weighted by atomic mass is 10.1. The summed E-state index contributed by atoms with van der Waals surface area (Å²) in [7, 11) is 3.15. The third kappa shape index (κ3) is 6.85. The molecule has 0 saturated carbocycles. The van der Waals surface area contributed by atoms with Crippen LogP contribution in [0.25, 0.3) is 0 Å². The highest BCUT2D eigenvalue weighted by molar-refractivity contribution is 6.04. The maximum Gasteiger partial charge on any atom is 0.573 e. The van der Waals surface area contributed by atoms with E-state index in [-0.39, 0.29) is 42.8 Å². The highest BCUT2D eigenvalue weighted by Crippen LogP contribution is 2.27. The van der Waals surface area contributed by atoms with Gasteiger partial charge in [-0.2, -0.15) is 0 Å². The van der Waals surface area contributed by atoms with Gasteiger partial charge in [-0.05, 0) is 37.4 Å². The Morgan fingerprint density at radius 2 is 1.71 bits per heavy atom. The molecule has 2 amide bonds. The van der Waals surface area contributed by atoms with Crippen LogP contribution in [0.15, 0.2) is 71.3 Å². The number of benzene rings is 2. The van der Waals surface area contributed by atoms with Crippen LogP contribution in [0, 0.1) is 0 Å². The normalized spacial score (nSPS) is 11.4. The average Bonchev–Trinajstić information content (AvgIpc) is 3.31. The molecular weight excluding hydrogens is 451 g/mol. The first-order valence-corrected chi connectivity index (χ1v) is 10.3. The Morgan fingerprint density at radius 3 is 2.41 bits per heavy atom. The summed E-state index contributed by atoms with van der Waals surface area (Å²) in [6.07, 6.45) is -3.31. The van der Waals surface area contributed by atoms with E-state index in [1.54, 1.807) is 54.4 Å². The van der Waals surface area contributed by atoms with Gasteiger partial charge in [0.1, 0.15) is 11.5 Å². The fourth-order valence-corrected chi connectivity index (χ4v) is 3.31. The van der Waals surface area contributed by atoms with Crippen molar-refractivity contribution in [1.29, 1.82) is 0 Å². The molecule has 0 aliphatic heterocycles. The third-order valence-corrected chi connectivity index (χ3v) is 4.93. The molecule has 180 valence electrons. The molecule has 1 heterocycles. The van der Waals surface area contributed by atoms with Crippen LogP contribution in [0.5, 0.6) is 5.75 Å². The van der Waals surface area contributed by atoms with Gasteiger partial charge >= 0.3 is 6.36 Å². The molecule has 0 unspecified atom stereocenters.